The average Bonchev–Trinajstić information content (AvgIpc) is 2.76. The van der Waals surface area contributed by atoms with Crippen LogP contribution in [0.15, 0.2) is 53.4 Å². The second-order valence-electron chi connectivity index (χ2n) is 8.48. The standard InChI is InChI=1S/C25H35NO3S/c1-4-6-19-29-23-11-13-24(14-12-23)30(27,28)25(5-2)15-17-26(18-16-25)20-22-9-7-21(3)8-10-22/h7-14H,4-6,15-20H2,1-3H3. The van der Waals surface area contributed by atoms with Crippen LogP contribution in [0.1, 0.15) is 57.1 Å². The minimum absolute atomic E-state index is 0.416. The number of aryl methyl sites for hydroxylation is 1. The summed E-state index contributed by atoms with van der Waals surface area (Å²) in [6.45, 7) is 9.38. The molecule has 0 saturated carbocycles. The van der Waals surface area contributed by atoms with E-state index in [0.717, 1.165) is 38.2 Å². The Kier molecular flexibility index (Phi) is 7.59. The highest BCUT2D eigenvalue weighted by Gasteiger charge is 2.45. The maximum Gasteiger partial charge on any atom is 0.184 e. The summed E-state index contributed by atoms with van der Waals surface area (Å²) in [4.78, 5) is 2.79. The zero-order valence-electron chi connectivity index (χ0n) is 18.6. The van der Waals surface area contributed by atoms with E-state index in [0.29, 0.717) is 30.8 Å². The van der Waals surface area contributed by atoms with E-state index < -0.39 is 14.6 Å². The van der Waals surface area contributed by atoms with Gasteiger partial charge in [-0.2, -0.15) is 0 Å². The molecule has 2 aromatic carbocycles. The third-order valence-electron chi connectivity index (χ3n) is 6.41. The van der Waals surface area contributed by atoms with Gasteiger partial charge < -0.3 is 4.74 Å². The van der Waals surface area contributed by atoms with Crippen LogP contribution in [0, 0.1) is 6.92 Å². The van der Waals surface area contributed by atoms with Crippen LogP contribution in [-0.2, 0) is 16.4 Å². The first-order chi connectivity index (χ1) is 14.4. The lowest BCUT2D eigenvalue weighted by Gasteiger charge is -2.40. The van der Waals surface area contributed by atoms with Crippen molar-refractivity contribution in [3.05, 3.63) is 59.7 Å². The summed E-state index contributed by atoms with van der Waals surface area (Å²) >= 11 is 0. The Morgan fingerprint density at radius 1 is 0.967 bits per heavy atom. The van der Waals surface area contributed by atoms with Crippen LogP contribution in [0.2, 0.25) is 0 Å². The molecule has 3 rings (SSSR count). The predicted octanol–water partition coefficient (Wildman–Crippen LogP) is 5.39. The minimum atomic E-state index is -3.40. The summed E-state index contributed by atoms with van der Waals surface area (Å²) in [5, 5.41) is 0. The average molecular weight is 430 g/mol. The lowest BCUT2D eigenvalue weighted by atomic mass is 9.93. The monoisotopic (exact) mass is 429 g/mol. The maximum atomic E-state index is 13.6. The summed E-state index contributed by atoms with van der Waals surface area (Å²) in [6.07, 6.45) is 4.06. The molecule has 1 aliphatic heterocycles. The highest BCUT2D eigenvalue weighted by molar-refractivity contribution is 7.92. The van der Waals surface area contributed by atoms with Crippen LogP contribution in [0.25, 0.3) is 0 Å². The molecule has 2 aromatic rings. The number of ether oxygens (including phenoxy) is 1. The van der Waals surface area contributed by atoms with Gasteiger partial charge in [0.2, 0.25) is 0 Å². The van der Waals surface area contributed by atoms with Crippen LogP contribution in [-0.4, -0.2) is 37.8 Å². The first-order valence-electron chi connectivity index (χ1n) is 11.2. The van der Waals surface area contributed by atoms with Crippen LogP contribution in [0.4, 0.5) is 0 Å². The van der Waals surface area contributed by atoms with Gasteiger partial charge in [0, 0.05) is 19.6 Å². The number of sulfone groups is 1. The first-order valence-corrected chi connectivity index (χ1v) is 12.6. The van der Waals surface area contributed by atoms with Crippen molar-refractivity contribution in [3.8, 4) is 5.75 Å². The molecule has 1 saturated heterocycles. The molecule has 0 aliphatic carbocycles. The Hall–Kier alpha value is -1.85. The van der Waals surface area contributed by atoms with Gasteiger partial charge in [-0.1, -0.05) is 50.1 Å². The van der Waals surface area contributed by atoms with Gasteiger partial charge >= 0.3 is 0 Å². The summed E-state index contributed by atoms with van der Waals surface area (Å²) in [6, 6.07) is 15.6. The molecule has 30 heavy (non-hydrogen) atoms. The highest BCUT2D eigenvalue weighted by Crippen LogP contribution is 2.38. The van der Waals surface area contributed by atoms with Gasteiger partial charge in [0.1, 0.15) is 5.75 Å². The number of benzene rings is 2. The molecular weight excluding hydrogens is 394 g/mol. The van der Waals surface area contributed by atoms with E-state index in [1.807, 2.05) is 6.92 Å². The fraction of sp³-hybridized carbons (Fsp3) is 0.520. The summed E-state index contributed by atoms with van der Waals surface area (Å²) in [5.41, 5.74) is 2.54. The second-order valence-corrected chi connectivity index (χ2v) is 10.8. The topological polar surface area (TPSA) is 46.6 Å². The van der Waals surface area contributed by atoms with Crippen molar-refractivity contribution in [3.63, 3.8) is 0 Å². The zero-order chi connectivity index (χ0) is 21.6. The number of nitrogens with zero attached hydrogens (tertiary/aromatic N) is 1. The Morgan fingerprint density at radius 2 is 1.60 bits per heavy atom. The van der Waals surface area contributed by atoms with Crippen molar-refractivity contribution in [2.24, 2.45) is 0 Å². The molecule has 4 nitrogen and oxygen atoms in total. The van der Waals surface area contributed by atoms with Crippen molar-refractivity contribution < 1.29 is 13.2 Å². The molecule has 0 unspecified atom stereocenters. The smallest absolute Gasteiger partial charge is 0.184 e. The third-order valence-corrected chi connectivity index (χ3v) is 9.14. The van der Waals surface area contributed by atoms with Gasteiger partial charge in [0.15, 0.2) is 9.84 Å². The number of hydrogen-bond acceptors (Lipinski definition) is 4. The fourth-order valence-corrected chi connectivity index (χ4v) is 6.28. The van der Waals surface area contributed by atoms with Gasteiger partial charge in [-0.3, -0.25) is 4.90 Å². The number of hydrogen-bond donors (Lipinski definition) is 0. The Morgan fingerprint density at radius 3 is 2.17 bits per heavy atom. The number of rotatable bonds is 9. The summed E-state index contributed by atoms with van der Waals surface area (Å²) < 4.78 is 32.1. The highest BCUT2D eigenvalue weighted by atomic mass is 32.2. The first kappa shape index (κ1) is 22.8. The summed E-state index contributed by atoms with van der Waals surface area (Å²) in [5.74, 6) is 0.737. The molecule has 0 amide bonds. The van der Waals surface area contributed by atoms with Crippen molar-refractivity contribution >= 4 is 9.84 Å². The van der Waals surface area contributed by atoms with Crippen LogP contribution >= 0.6 is 0 Å². The molecule has 1 aliphatic rings. The van der Waals surface area contributed by atoms with Gasteiger partial charge in [-0.15, -0.1) is 0 Å². The van der Waals surface area contributed by atoms with E-state index in [1.165, 1.54) is 11.1 Å². The Labute approximate surface area is 182 Å². The van der Waals surface area contributed by atoms with E-state index in [4.69, 9.17) is 4.74 Å². The normalized spacial score (nSPS) is 17.0. The SMILES string of the molecule is CCCCOc1ccc(S(=O)(=O)C2(CC)CCN(Cc3ccc(C)cc3)CC2)cc1. The van der Waals surface area contributed by atoms with Crippen molar-refractivity contribution in [1.82, 2.24) is 4.90 Å². The molecule has 0 radical (unpaired) electrons. The Bertz CT molecular complexity index is 896. The van der Waals surface area contributed by atoms with E-state index in [1.54, 1.807) is 24.3 Å². The Balaban J connectivity index is 1.67. The fourth-order valence-electron chi connectivity index (χ4n) is 4.18. The van der Waals surface area contributed by atoms with Crippen LogP contribution in [0.3, 0.4) is 0 Å². The molecule has 0 atom stereocenters. The van der Waals surface area contributed by atoms with Gasteiger partial charge in [-0.25, -0.2) is 8.42 Å². The lowest BCUT2D eigenvalue weighted by molar-refractivity contribution is 0.185. The van der Waals surface area contributed by atoms with E-state index in [-0.39, 0.29) is 0 Å². The minimum Gasteiger partial charge on any atom is -0.494 e. The van der Waals surface area contributed by atoms with Crippen molar-refractivity contribution in [2.45, 2.75) is 69.1 Å². The van der Waals surface area contributed by atoms with Crippen molar-refractivity contribution in [2.75, 3.05) is 19.7 Å². The van der Waals surface area contributed by atoms with Gasteiger partial charge in [-0.05, 0) is 62.4 Å². The predicted molar refractivity (Wildman–Crippen MR) is 123 cm³/mol. The molecule has 0 aromatic heterocycles. The number of piperidine rings is 1. The van der Waals surface area contributed by atoms with Gasteiger partial charge in [0.25, 0.3) is 0 Å². The molecular formula is C25H35NO3S. The lowest BCUT2D eigenvalue weighted by Crippen LogP contribution is -2.48. The van der Waals surface area contributed by atoms with Crippen LogP contribution in [0.5, 0.6) is 5.75 Å². The molecule has 1 heterocycles. The number of unbranched alkanes of at least 4 members (excludes halogenated alkanes) is 1. The molecule has 0 bridgehead atoms. The zero-order valence-corrected chi connectivity index (χ0v) is 19.4. The maximum absolute atomic E-state index is 13.6. The van der Waals surface area contributed by atoms with E-state index >= 15 is 0 Å². The third kappa shape index (κ3) is 5.06. The molecule has 5 heteroatoms. The molecule has 0 spiro atoms. The molecule has 1 fully saturated rings. The van der Waals surface area contributed by atoms with E-state index in [2.05, 4.69) is 43.0 Å². The van der Waals surface area contributed by atoms with E-state index in [9.17, 15) is 8.42 Å². The molecule has 0 N–H and O–H groups in total. The number of likely N-dealkylation sites (tertiary alicyclic amines) is 1. The summed E-state index contributed by atoms with van der Waals surface area (Å²) in [7, 11) is -3.40. The van der Waals surface area contributed by atoms with Crippen LogP contribution < -0.4 is 4.74 Å². The molecule has 164 valence electrons. The second kappa shape index (κ2) is 9.97. The largest absolute Gasteiger partial charge is 0.494 e. The van der Waals surface area contributed by atoms with Crippen molar-refractivity contribution in [1.29, 1.82) is 0 Å². The van der Waals surface area contributed by atoms with Gasteiger partial charge in [0.05, 0.1) is 16.2 Å². The quantitative estimate of drug-likeness (QED) is 0.501.